The summed E-state index contributed by atoms with van der Waals surface area (Å²) in [4.78, 5) is 0. The summed E-state index contributed by atoms with van der Waals surface area (Å²) in [5, 5.41) is 0. The Labute approximate surface area is 49.2 Å². The van der Waals surface area contributed by atoms with E-state index in [2.05, 4.69) is 0 Å². The maximum atomic E-state index is 5.04. The Morgan fingerprint density at radius 2 is 0.800 bits per heavy atom. The summed E-state index contributed by atoms with van der Waals surface area (Å²) in [6, 6.07) is 0. The molecule has 0 rings (SSSR count). The second kappa shape index (κ2) is 2.27. The standard InChI is InChI=1S/4ClH.Ta/h4*1H;/q;;;;+4/p-4. The molecule has 0 spiro atoms. The molecule has 0 aliphatic carbocycles. The molecule has 0 saturated heterocycles. The van der Waals surface area contributed by atoms with Crippen molar-refractivity contribution in [2.24, 2.45) is 0 Å². The van der Waals surface area contributed by atoms with Crippen LogP contribution in [0, 0.1) is 0 Å². The summed E-state index contributed by atoms with van der Waals surface area (Å²) >= 11 is -3.33. The van der Waals surface area contributed by atoms with Crippen LogP contribution in [0.15, 0.2) is 0 Å². The second-order valence-corrected chi connectivity index (χ2v) is 28.2. The van der Waals surface area contributed by atoms with Crippen LogP contribution in [0.5, 0.6) is 0 Å². The normalized spacial score (nSPS) is 12.0. The Morgan fingerprint density at radius 3 is 0.800 bits per heavy atom. The Hall–Kier alpha value is 1.90. The number of hydrogen-bond donors (Lipinski definition) is 0. The van der Waals surface area contributed by atoms with Gasteiger partial charge in [-0.15, -0.1) is 0 Å². The van der Waals surface area contributed by atoms with Gasteiger partial charge in [0.25, 0.3) is 0 Å². The van der Waals surface area contributed by atoms with Gasteiger partial charge in [0.2, 0.25) is 0 Å². The first-order valence-electron chi connectivity index (χ1n) is 0.676. The fourth-order valence-electron chi connectivity index (χ4n) is 0. The van der Waals surface area contributed by atoms with Crippen molar-refractivity contribution in [2.45, 2.75) is 0 Å². The molecule has 0 aromatic rings. The summed E-state index contributed by atoms with van der Waals surface area (Å²) in [5.41, 5.74) is 0. The van der Waals surface area contributed by atoms with Crippen LogP contribution in [0.2, 0.25) is 0 Å². The maximum absolute atomic E-state index is 5.04. The second-order valence-electron chi connectivity index (χ2n) is 0.383. The molecular weight excluding hydrogens is 323 g/mol. The zero-order valence-electron chi connectivity index (χ0n) is 1.96. The predicted octanol–water partition coefficient (Wildman–Crippen LogP) is 2.76. The molecule has 0 atom stereocenters. The molecule has 0 amide bonds. The average molecular weight is 323 g/mol. The van der Waals surface area contributed by atoms with Crippen molar-refractivity contribution in [3.8, 4) is 0 Å². The third-order valence-corrected chi connectivity index (χ3v) is 0. The summed E-state index contributed by atoms with van der Waals surface area (Å²) in [6.07, 6.45) is 0. The molecule has 0 N–H and O–H groups in total. The van der Waals surface area contributed by atoms with E-state index in [4.69, 9.17) is 36.8 Å². The van der Waals surface area contributed by atoms with Crippen LogP contribution in [0.3, 0.4) is 0 Å². The number of hydrogen-bond acceptors (Lipinski definition) is 0. The van der Waals surface area contributed by atoms with E-state index in [1.165, 1.54) is 0 Å². The molecular formula is Cl4Ta. The van der Waals surface area contributed by atoms with Crippen molar-refractivity contribution >= 4 is 36.8 Å². The van der Waals surface area contributed by atoms with E-state index in [9.17, 15) is 0 Å². The molecule has 0 saturated carbocycles. The minimum atomic E-state index is -3.33. The molecule has 0 aromatic heterocycles. The van der Waals surface area contributed by atoms with Crippen LogP contribution in [0.1, 0.15) is 0 Å². The molecule has 0 bridgehead atoms. The molecule has 33 valence electrons. The number of rotatable bonds is 0. The topological polar surface area (TPSA) is 0 Å². The van der Waals surface area contributed by atoms with Gasteiger partial charge in [-0.25, -0.2) is 0 Å². The molecule has 0 nitrogen and oxygen atoms in total. The van der Waals surface area contributed by atoms with Crippen molar-refractivity contribution in [1.29, 1.82) is 0 Å². The van der Waals surface area contributed by atoms with E-state index >= 15 is 0 Å². The fourth-order valence-corrected chi connectivity index (χ4v) is 0. The summed E-state index contributed by atoms with van der Waals surface area (Å²) < 4.78 is 0. The molecule has 0 radical (unpaired) electrons. The molecule has 0 unspecified atom stereocenters. The summed E-state index contributed by atoms with van der Waals surface area (Å²) in [7, 11) is 20.2. The first-order valence-corrected chi connectivity index (χ1v) is 16.6. The summed E-state index contributed by atoms with van der Waals surface area (Å²) in [6.45, 7) is 0. The first kappa shape index (κ1) is 6.90. The van der Waals surface area contributed by atoms with Gasteiger partial charge in [0.1, 0.15) is 0 Å². The van der Waals surface area contributed by atoms with Gasteiger partial charge in [-0.2, -0.15) is 0 Å². The van der Waals surface area contributed by atoms with Crippen molar-refractivity contribution in [3.05, 3.63) is 0 Å². The molecule has 0 aliphatic heterocycles. The van der Waals surface area contributed by atoms with Crippen molar-refractivity contribution in [1.82, 2.24) is 0 Å². The van der Waals surface area contributed by atoms with Crippen LogP contribution in [-0.2, 0) is 12.8 Å². The van der Waals surface area contributed by atoms with Gasteiger partial charge in [0.05, 0.1) is 0 Å². The Bertz CT molecular complexity index is 19.1. The average Bonchev–Trinajstić information content (AvgIpc) is 0.722. The van der Waals surface area contributed by atoms with Crippen molar-refractivity contribution in [2.75, 3.05) is 0 Å². The van der Waals surface area contributed by atoms with Crippen LogP contribution in [0.4, 0.5) is 0 Å². The van der Waals surface area contributed by atoms with E-state index in [1.54, 1.807) is 0 Å². The van der Waals surface area contributed by atoms with Crippen molar-refractivity contribution in [3.63, 3.8) is 0 Å². The molecule has 0 aromatic carbocycles. The van der Waals surface area contributed by atoms with Gasteiger partial charge in [0.15, 0.2) is 0 Å². The van der Waals surface area contributed by atoms with E-state index in [0.717, 1.165) is 0 Å². The predicted molar refractivity (Wildman–Crippen MR) is 23.4 cm³/mol. The van der Waals surface area contributed by atoms with Gasteiger partial charge in [-0.05, 0) is 0 Å². The van der Waals surface area contributed by atoms with Crippen LogP contribution in [0.25, 0.3) is 0 Å². The minimum absolute atomic E-state index is 3.33. The van der Waals surface area contributed by atoms with E-state index < -0.39 is 12.8 Å². The van der Waals surface area contributed by atoms with Gasteiger partial charge in [-0.1, -0.05) is 0 Å². The SMILES string of the molecule is [Cl][Ta]([Cl])([Cl])[Cl]. The zero-order chi connectivity index (χ0) is 4.50. The van der Waals surface area contributed by atoms with Gasteiger partial charge >= 0.3 is 49.6 Å². The third kappa shape index (κ3) is 24.9. The van der Waals surface area contributed by atoms with Crippen LogP contribution in [-0.4, -0.2) is 0 Å². The van der Waals surface area contributed by atoms with E-state index in [-0.39, 0.29) is 0 Å². The zero-order valence-corrected chi connectivity index (χ0v) is 8.20. The summed E-state index contributed by atoms with van der Waals surface area (Å²) in [5.74, 6) is 0. The molecule has 0 aliphatic rings. The molecule has 0 fully saturated rings. The molecule has 0 heterocycles. The Balaban J connectivity index is 3.02. The molecule has 5 heavy (non-hydrogen) atoms. The Morgan fingerprint density at radius 1 is 0.800 bits per heavy atom. The molecule has 5 heteroatoms. The van der Waals surface area contributed by atoms with Crippen LogP contribution >= 0.6 is 36.8 Å². The van der Waals surface area contributed by atoms with Gasteiger partial charge in [0, 0.05) is 0 Å². The monoisotopic (exact) mass is 321 g/mol. The quantitative estimate of drug-likeness (QED) is 0.643. The van der Waals surface area contributed by atoms with Gasteiger partial charge < -0.3 is 0 Å². The van der Waals surface area contributed by atoms with Crippen molar-refractivity contribution < 1.29 is 12.8 Å². The first-order chi connectivity index (χ1) is 2.00. The van der Waals surface area contributed by atoms with E-state index in [1.807, 2.05) is 0 Å². The fraction of sp³-hybridized carbons (Fsp3) is 0. The third-order valence-electron chi connectivity index (χ3n) is 0. The number of halogens is 4. The van der Waals surface area contributed by atoms with Gasteiger partial charge in [-0.3, -0.25) is 0 Å². The van der Waals surface area contributed by atoms with Crippen LogP contribution < -0.4 is 0 Å². The van der Waals surface area contributed by atoms with E-state index in [0.29, 0.717) is 0 Å². The Kier molecular flexibility index (Phi) is 3.13.